The summed E-state index contributed by atoms with van der Waals surface area (Å²) in [5, 5.41) is 8.55. The molecule has 0 N–H and O–H groups in total. The molecule has 0 radical (unpaired) electrons. The minimum Gasteiger partial charge on any atom is -0.207 e. The van der Waals surface area contributed by atoms with Gasteiger partial charge < -0.3 is 0 Å². The summed E-state index contributed by atoms with van der Waals surface area (Å²) >= 11 is 2.80. The molecule has 0 atom stereocenters. The summed E-state index contributed by atoms with van der Waals surface area (Å²) in [7, 11) is 0. The Hall–Kier alpha value is -0.880. The zero-order valence-corrected chi connectivity index (χ0v) is 6.79. The van der Waals surface area contributed by atoms with E-state index in [-0.39, 0.29) is 4.47 Å². The number of hydrogen-bond donors (Lipinski definition) is 0. The molecule has 0 aliphatic carbocycles. The van der Waals surface area contributed by atoms with Gasteiger partial charge in [-0.15, -0.1) is 0 Å². The molecule has 0 saturated heterocycles. The van der Waals surface area contributed by atoms with Gasteiger partial charge in [0.25, 0.3) is 0 Å². The highest BCUT2D eigenvalue weighted by molar-refractivity contribution is 9.10. The molecule has 0 saturated carbocycles. The van der Waals surface area contributed by atoms with E-state index in [0.29, 0.717) is 0 Å². The maximum atomic E-state index is 13.5. The third-order valence-corrected chi connectivity index (χ3v) is 1.31. The Kier molecular flexibility index (Phi) is 1.17. The van der Waals surface area contributed by atoms with Crippen LogP contribution in [-0.2, 0) is 6.37 Å². The van der Waals surface area contributed by atoms with Crippen molar-refractivity contribution < 1.29 is 11.2 Å². The summed E-state index contributed by atoms with van der Waals surface area (Å²) in [6, 6.07) is -0.777. The van der Waals surface area contributed by atoms with E-state index >= 15 is 0 Å². The highest BCUT2D eigenvalue weighted by Gasteiger charge is 2.00. The summed E-state index contributed by atoms with van der Waals surface area (Å²) in [5.74, 6) is -1.34. The Morgan fingerprint density at radius 2 is 2.55 bits per heavy atom. The Balaban J connectivity index is 3.73. The predicted octanol–water partition coefficient (Wildman–Crippen LogP) is 2.65. The monoisotopic (exact) mass is 218 g/mol. The summed E-state index contributed by atoms with van der Waals surface area (Å²) < 4.78 is 49.8. The summed E-state index contributed by atoms with van der Waals surface area (Å²) in [6.45, 7) is 0. The average molecular weight is 219 g/mol. The van der Waals surface area contributed by atoms with E-state index in [2.05, 4.69) is 15.9 Å². The normalized spacial score (nSPS) is 17.0. The Bertz CT molecular complexity index is 467. The van der Waals surface area contributed by atoms with E-state index in [1.54, 1.807) is 0 Å². The van der Waals surface area contributed by atoms with E-state index < -0.39 is 35.9 Å². The van der Waals surface area contributed by atoms with Crippen LogP contribution in [0.4, 0.5) is 4.39 Å². The van der Waals surface area contributed by atoms with Crippen LogP contribution < -0.4 is 0 Å². The first-order valence-corrected chi connectivity index (χ1v) is 3.39. The average Bonchev–Trinajstić information content (AvgIpc) is 2.23. The molecule has 0 unspecified atom stereocenters. The number of nitrogens with zero attached hydrogens (tertiary/aromatic N) is 1. The number of benzene rings is 1. The fourth-order valence-electron chi connectivity index (χ4n) is 0.510. The molecule has 0 aromatic heterocycles. The zero-order valence-electron chi connectivity index (χ0n) is 10.2. The lowest BCUT2D eigenvalue weighted by Crippen LogP contribution is -1.87. The zero-order chi connectivity index (χ0) is 12.7. The van der Waals surface area contributed by atoms with Crippen LogP contribution in [0.1, 0.15) is 12.4 Å². The minimum absolute atomic E-state index is 0.201. The van der Waals surface area contributed by atoms with Crippen LogP contribution in [0.2, 0.25) is 0 Å². The first-order chi connectivity index (χ1) is 7.24. The molecule has 0 bridgehead atoms. The number of halogens is 2. The molecule has 3 heteroatoms. The summed E-state index contributed by atoms with van der Waals surface area (Å²) in [6.07, 6.45) is -2.70. The van der Waals surface area contributed by atoms with E-state index in [0.717, 1.165) is 0 Å². The van der Waals surface area contributed by atoms with Crippen molar-refractivity contribution in [3.63, 3.8) is 0 Å². The predicted molar refractivity (Wildman–Crippen MR) is 43.4 cm³/mol. The molecule has 56 valence electrons. The van der Waals surface area contributed by atoms with Crippen LogP contribution >= 0.6 is 15.9 Å². The molecule has 0 aliphatic rings. The highest BCUT2D eigenvalue weighted by Crippen LogP contribution is 2.15. The Morgan fingerprint density at radius 3 is 3.18 bits per heavy atom. The van der Waals surface area contributed by atoms with Crippen molar-refractivity contribution in [2.24, 2.45) is 0 Å². The van der Waals surface area contributed by atoms with Crippen molar-refractivity contribution in [3.8, 4) is 6.07 Å². The van der Waals surface area contributed by atoms with Crippen molar-refractivity contribution >= 4 is 15.9 Å². The van der Waals surface area contributed by atoms with Gasteiger partial charge in [-0.05, 0) is 18.1 Å². The SMILES string of the molecule is [2H]c1c([2H])c(Br)c([2H])c(C([2H])([2H])C#N)c1F. The van der Waals surface area contributed by atoms with Crippen molar-refractivity contribution in [1.82, 2.24) is 0 Å². The van der Waals surface area contributed by atoms with Gasteiger partial charge in [-0.1, -0.05) is 15.9 Å². The molecular weight excluding hydrogens is 209 g/mol. The smallest absolute Gasteiger partial charge is 0.127 e. The van der Waals surface area contributed by atoms with Gasteiger partial charge in [0.05, 0.1) is 16.6 Å². The second kappa shape index (κ2) is 3.49. The molecule has 0 spiro atoms. The first kappa shape index (κ1) is 3.68. The maximum absolute atomic E-state index is 13.5. The molecule has 11 heavy (non-hydrogen) atoms. The lowest BCUT2D eigenvalue weighted by atomic mass is 10.1. The van der Waals surface area contributed by atoms with Crippen molar-refractivity contribution in [3.05, 3.63) is 34.0 Å². The Morgan fingerprint density at radius 1 is 1.82 bits per heavy atom. The molecule has 1 nitrogen and oxygen atoms in total. The largest absolute Gasteiger partial charge is 0.207 e. The number of nitriles is 1. The molecule has 1 rings (SSSR count). The van der Waals surface area contributed by atoms with Gasteiger partial charge in [-0.3, -0.25) is 0 Å². The summed E-state index contributed by atoms with van der Waals surface area (Å²) in [4.78, 5) is 0. The van der Waals surface area contributed by atoms with Crippen LogP contribution in [0.5, 0.6) is 0 Å². The van der Waals surface area contributed by atoms with Crippen molar-refractivity contribution in [1.29, 1.82) is 5.26 Å². The van der Waals surface area contributed by atoms with Crippen molar-refractivity contribution in [2.75, 3.05) is 0 Å². The molecule has 1 aromatic rings. The Labute approximate surface area is 79.6 Å². The van der Waals surface area contributed by atoms with Crippen LogP contribution in [0.15, 0.2) is 22.6 Å². The maximum Gasteiger partial charge on any atom is 0.127 e. The third-order valence-electron chi connectivity index (χ3n) is 0.917. The van der Waals surface area contributed by atoms with Gasteiger partial charge >= 0.3 is 0 Å². The lowest BCUT2D eigenvalue weighted by Gasteiger charge is -1.96. The van der Waals surface area contributed by atoms with Gasteiger partial charge in [0, 0.05) is 12.8 Å². The third kappa shape index (κ3) is 2.02. The topological polar surface area (TPSA) is 23.8 Å². The van der Waals surface area contributed by atoms with Crippen LogP contribution in [0, 0.1) is 17.1 Å². The van der Waals surface area contributed by atoms with Gasteiger partial charge in [-0.2, -0.15) is 5.26 Å². The van der Waals surface area contributed by atoms with Crippen molar-refractivity contribution in [2.45, 2.75) is 6.37 Å². The molecule has 0 heterocycles. The van der Waals surface area contributed by atoms with Gasteiger partial charge in [0.15, 0.2) is 0 Å². The summed E-state index contributed by atoms with van der Waals surface area (Å²) in [5.41, 5.74) is -0.817. The van der Waals surface area contributed by atoms with Gasteiger partial charge in [0.2, 0.25) is 0 Å². The van der Waals surface area contributed by atoms with E-state index in [4.69, 9.17) is 12.1 Å². The highest BCUT2D eigenvalue weighted by atomic mass is 79.9. The van der Waals surface area contributed by atoms with E-state index in [9.17, 15) is 4.39 Å². The molecule has 1 aromatic carbocycles. The fourth-order valence-corrected chi connectivity index (χ4v) is 0.808. The second-order valence-electron chi connectivity index (χ2n) is 1.61. The van der Waals surface area contributed by atoms with Gasteiger partial charge in [0.1, 0.15) is 5.82 Å². The quantitative estimate of drug-likeness (QED) is 0.712. The minimum atomic E-state index is -2.70. The second-order valence-corrected chi connectivity index (χ2v) is 2.41. The van der Waals surface area contributed by atoms with Crippen LogP contribution in [0.3, 0.4) is 0 Å². The first-order valence-electron chi connectivity index (χ1n) is 5.10. The number of hydrogen-bond acceptors (Lipinski definition) is 1. The van der Waals surface area contributed by atoms with Gasteiger partial charge in [-0.25, -0.2) is 4.39 Å². The van der Waals surface area contributed by atoms with E-state index in [1.165, 1.54) is 6.07 Å². The standard InChI is InChI=1S/C8H5BrFN/c9-7-1-2-8(10)6(5-7)3-4-11/h1-2,5H,3H2/i1D,2D,3D2,5D. The molecule has 0 amide bonds. The fraction of sp³-hybridized carbons (Fsp3) is 0.125. The van der Waals surface area contributed by atoms with Crippen LogP contribution in [-0.4, -0.2) is 0 Å². The van der Waals surface area contributed by atoms with E-state index in [1.807, 2.05) is 0 Å². The molecular formula is C8H5BrFN. The van der Waals surface area contributed by atoms with Crippen LogP contribution in [0.25, 0.3) is 0 Å². The number of rotatable bonds is 1. The molecule has 0 aliphatic heterocycles. The lowest BCUT2D eigenvalue weighted by molar-refractivity contribution is 0.615. The molecule has 0 fully saturated rings.